The predicted octanol–water partition coefficient (Wildman–Crippen LogP) is 4.16. The molecule has 1 aliphatic rings. The average molecular weight is 423 g/mol. The molecule has 1 fully saturated rings. The predicted molar refractivity (Wildman–Crippen MR) is 110 cm³/mol. The van der Waals surface area contributed by atoms with Crippen LogP contribution in [0.2, 0.25) is 5.02 Å². The fourth-order valence-corrected chi connectivity index (χ4v) is 4.93. The number of ether oxygens (including phenoxy) is 1. The van der Waals surface area contributed by atoms with Gasteiger partial charge in [-0.1, -0.05) is 23.7 Å². The second-order valence-corrected chi connectivity index (χ2v) is 8.85. The van der Waals surface area contributed by atoms with Crippen LogP contribution in [0, 0.1) is 0 Å². The van der Waals surface area contributed by atoms with Gasteiger partial charge in [-0.3, -0.25) is 9.52 Å². The Kier molecular flexibility index (Phi) is 6.15. The Morgan fingerprint density at radius 1 is 1.21 bits per heavy atom. The van der Waals surface area contributed by atoms with Crippen molar-refractivity contribution in [3.63, 3.8) is 0 Å². The number of nitrogens with one attached hydrogen (secondary N) is 1. The molecule has 1 unspecified atom stereocenters. The molecule has 1 atom stereocenters. The van der Waals surface area contributed by atoms with E-state index in [0.717, 1.165) is 19.3 Å². The summed E-state index contributed by atoms with van der Waals surface area (Å²) in [5, 5.41) is 0.0469. The van der Waals surface area contributed by atoms with Crippen LogP contribution >= 0.6 is 11.6 Å². The Hall–Kier alpha value is -2.25. The quantitative estimate of drug-likeness (QED) is 0.784. The smallest absolute Gasteiger partial charge is 0.263 e. The van der Waals surface area contributed by atoms with E-state index >= 15 is 0 Å². The van der Waals surface area contributed by atoms with Gasteiger partial charge in [0.15, 0.2) is 0 Å². The molecule has 1 amide bonds. The van der Waals surface area contributed by atoms with Crippen LogP contribution in [0.25, 0.3) is 0 Å². The van der Waals surface area contributed by atoms with Crippen LogP contribution in [0.15, 0.2) is 47.4 Å². The summed E-state index contributed by atoms with van der Waals surface area (Å²) in [7, 11) is -2.55. The number of anilines is 1. The van der Waals surface area contributed by atoms with Crippen molar-refractivity contribution in [1.82, 2.24) is 4.90 Å². The maximum Gasteiger partial charge on any atom is 0.263 e. The third-order valence-corrected chi connectivity index (χ3v) is 6.73. The standard InChI is InChI=1S/C20H23ClN2O4S/c1-14-7-5-6-12-23(14)20(24)15-10-11-16(21)19(13-15)28(25,26)22-17-8-3-4-9-18(17)27-2/h3-4,8-11,13-14,22H,5-7,12H2,1-2H3. The van der Waals surface area contributed by atoms with E-state index in [-0.39, 0.29) is 21.9 Å². The number of rotatable bonds is 5. The van der Waals surface area contributed by atoms with Crippen molar-refractivity contribution in [3.8, 4) is 5.75 Å². The number of halogens is 1. The molecule has 1 saturated heterocycles. The number of methoxy groups -OCH3 is 1. The molecule has 1 aliphatic heterocycles. The van der Waals surface area contributed by atoms with Gasteiger partial charge in [0.05, 0.1) is 17.8 Å². The zero-order valence-corrected chi connectivity index (χ0v) is 17.4. The monoisotopic (exact) mass is 422 g/mol. The van der Waals surface area contributed by atoms with E-state index in [1.807, 2.05) is 6.92 Å². The van der Waals surface area contributed by atoms with E-state index in [0.29, 0.717) is 23.5 Å². The van der Waals surface area contributed by atoms with Crippen LogP contribution in [0.4, 0.5) is 5.69 Å². The molecule has 28 heavy (non-hydrogen) atoms. The van der Waals surface area contributed by atoms with Crippen molar-refractivity contribution in [1.29, 1.82) is 0 Å². The van der Waals surface area contributed by atoms with E-state index in [1.165, 1.54) is 19.2 Å². The summed E-state index contributed by atoms with van der Waals surface area (Å²) in [4.78, 5) is 14.6. The lowest BCUT2D eigenvalue weighted by molar-refractivity contribution is 0.0635. The highest BCUT2D eigenvalue weighted by atomic mass is 35.5. The normalized spacial score (nSPS) is 17.2. The SMILES string of the molecule is COc1ccccc1NS(=O)(=O)c1cc(C(=O)N2CCCCC2C)ccc1Cl. The fourth-order valence-electron chi connectivity index (χ4n) is 3.34. The van der Waals surface area contributed by atoms with Crippen molar-refractivity contribution in [2.75, 3.05) is 18.4 Å². The first kappa shape index (κ1) is 20.5. The Morgan fingerprint density at radius 3 is 2.68 bits per heavy atom. The Bertz CT molecular complexity index is 978. The highest BCUT2D eigenvalue weighted by Crippen LogP contribution is 2.30. The third kappa shape index (κ3) is 4.25. The second kappa shape index (κ2) is 8.41. The van der Waals surface area contributed by atoms with E-state index < -0.39 is 10.0 Å². The van der Waals surface area contributed by atoms with Gasteiger partial charge < -0.3 is 9.64 Å². The van der Waals surface area contributed by atoms with Gasteiger partial charge in [0, 0.05) is 18.2 Å². The van der Waals surface area contributed by atoms with E-state index in [4.69, 9.17) is 16.3 Å². The van der Waals surface area contributed by atoms with Crippen molar-refractivity contribution < 1.29 is 17.9 Å². The van der Waals surface area contributed by atoms with Crippen molar-refractivity contribution in [2.45, 2.75) is 37.1 Å². The Morgan fingerprint density at radius 2 is 1.96 bits per heavy atom. The second-order valence-electron chi connectivity index (χ2n) is 6.79. The van der Waals surface area contributed by atoms with Crippen LogP contribution in [-0.2, 0) is 10.0 Å². The van der Waals surface area contributed by atoms with Crippen molar-refractivity contribution in [3.05, 3.63) is 53.1 Å². The summed E-state index contributed by atoms with van der Waals surface area (Å²) in [6.45, 7) is 2.68. The molecule has 0 spiro atoms. The maximum atomic E-state index is 12.9. The van der Waals surface area contributed by atoms with E-state index in [9.17, 15) is 13.2 Å². The van der Waals surface area contributed by atoms with Gasteiger partial charge in [-0.25, -0.2) is 8.42 Å². The number of para-hydroxylation sites is 2. The first-order chi connectivity index (χ1) is 13.3. The van der Waals surface area contributed by atoms with Gasteiger partial charge in [-0.15, -0.1) is 0 Å². The number of hydrogen-bond acceptors (Lipinski definition) is 4. The minimum absolute atomic E-state index is 0.0469. The zero-order valence-electron chi connectivity index (χ0n) is 15.8. The van der Waals surface area contributed by atoms with Gasteiger partial charge in [-0.2, -0.15) is 0 Å². The molecule has 2 aromatic carbocycles. The van der Waals surface area contributed by atoms with Gasteiger partial charge in [0.2, 0.25) is 0 Å². The molecule has 0 aliphatic carbocycles. The largest absolute Gasteiger partial charge is 0.495 e. The molecule has 0 saturated carbocycles. The molecule has 0 aromatic heterocycles. The third-order valence-electron chi connectivity index (χ3n) is 4.88. The number of carbonyl (C=O) groups excluding carboxylic acids is 1. The highest BCUT2D eigenvalue weighted by molar-refractivity contribution is 7.92. The van der Waals surface area contributed by atoms with Crippen LogP contribution in [-0.4, -0.2) is 38.9 Å². The van der Waals surface area contributed by atoms with Gasteiger partial charge in [0.25, 0.3) is 15.9 Å². The van der Waals surface area contributed by atoms with Crippen LogP contribution < -0.4 is 9.46 Å². The molecule has 1 heterocycles. The number of benzene rings is 2. The summed E-state index contributed by atoms with van der Waals surface area (Å²) < 4.78 is 33.5. The van der Waals surface area contributed by atoms with Crippen LogP contribution in [0.5, 0.6) is 5.75 Å². The summed E-state index contributed by atoms with van der Waals surface area (Å²) in [5.74, 6) is 0.203. The maximum absolute atomic E-state index is 12.9. The lowest BCUT2D eigenvalue weighted by Gasteiger charge is -2.33. The molecule has 6 nitrogen and oxygen atoms in total. The lowest BCUT2D eigenvalue weighted by Crippen LogP contribution is -2.42. The number of piperidine rings is 1. The van der Waals surface area contributed by atoms with Crippen molar-refractivity contribution in [2.24, 2.45) is 0 Å². The molecule has 0 bridgehead atoms. The minimum Gasteiger partial charge on any atom is -0.495 e. The lowest BCUT2D eigenvalue weighted by atomic mass is 10.0. The topological polar surface area (TPSA) is 75.7 Å². The minimum atomic E-state index is -4.01. The first-order valence-corrected chi connectivity index (χ1v) is 11.0. The van der Waals surface area contributed by atoms with E-state index in [2.05, 4.69) is 4.72 Å². The molecule has 0 radical (unpaired) electrons. The summed E-state index contributed by atoms with van der Waals surface area (Å²) in [6, 6.07) is 11.1. The Balaban J connectivity index is 1.93. The zero-order chi connectivity index (χ0) is 20.3. The van der Waals surface area contributed by atoms with Gasteiger partial charge in [-0.05, 0) is 56.5 Å². The van der Waals surface area contributed by atoms with Crippen LogP contribution in [0.1, 0.15) is 36.5 Å². The number of carbonyl (C=O) groups is 1. The summed E-state index contributed by atoms with van der Waals surface area (Å²) >= 11 is 6.16. The van der Waals surface area contributed by atoms with Gasteiger partial charge in [0.1, 0.15) is 10.6 Å². The molecule has 150 valence electrons. The van der Waals surface area contributed by atoms with E-state index in [1.54, 1.807) is 35.2 Å². The number of likely N-dealkylation sites (tertiary alicyclic amines) is 1. The number of nitrogens with zero attached hydrogens (tertiary/aromatic N) is 1. The highest BCUT2D eigenvalue weighted by Gasteiger charge is 2.27. The summed E-state index contributed by atoms with van der Waals surface area (Å²) in [6.07, 6.45) is 2.98. The molecule has 3 rings (SSSR count). The number of sulfonamides is 1. The van der Waals surface area contributed by atoms with Crippen molar-refractivity contribution >= 4 is 33.2 Å². The van der Waals surface area contributed by atoms with Gasteiger partial charge >= 0.3 is 0 Å². The molecular formula is C20H23ClN2O4S. The van der Waals surface area contributed by atoms with Crippen LogP contribution in [0.3, 0.4) is 0 Å². The summed E-state index contributed by atoms with van der Waals surface area (Å²) in [5.41, 5.74) is 0.598. The molecule has 8 heteroatoms. The Labute approximate surface area is 170 Å². The number of amides is 1. The molecule has 2 aromatic rings. The molecular weight excluding hydrogens is 400 g/mol. The fraction of sp³-hybridized carbons (Fsp3) is 0.350. The number of hydrogen-bond donors (Lipinski definition) is 1. The first-order valence-electron chi connectivity index (χ1n) is 9.10. The average Bonchev–Trinajstić information content (AvgIpc) is 2.68. The molecule has 1 N–H and O–H groups in total.